The third kappa shape index (κ3) is 2.76. The Labute approximate surface area is 119 Å². The molecule has 1 unspecified atom stereocenters. The number of rotatable bonds is 2. The third-order valence-corrected chi connectivity index (χ3v) is 4.00. The Hall–Kier alpha value is -1.47. The summed E-state index contributed by atoms with van der Waals surface area (Å²) in [5.41, 5.74) is 0.247. The molecule has 6 nitrogen and oxygen atoms in total. The van der Waals surface area contributed by atoms with E-state index in [1.807, 2.05) is 6.92 Å². The van der Waals surface area contributed by atoms with Crippen LogP contribution in [0.1, 0.15) is 17.3 Å². The Morgan fingerprint density at radius 1 is 1.58 bits per heavy atom. The summed E-state index contributed by atoms with van der Waals surface area (Å²) in [5.74, 6) is -0.176. The second-order valence-electron chi connectivity index (χ2n) is 4.45. The van der Waals surface area contributed by atoms with E-state index in [-0.39, 0.29) is 22.1 Å². The fourth-order valence-corrected chi connectivity index (χ4v) is 2.70. The molecular weight excluding hydrogens is 314 g/mol. The van der Waals surface area contributed by atoms with Crippen molar-refractivity contribution in [3.8, 4) is 0 Å². The quantitative estimate of drug-likeness (QED) is 0.663. The summed E-state index contributed by atoms with van der Waals surface area (Å²) in [6, 6.07) is 4.59. The van der Waals surface area contributed by atoms with Gasteiger partial charge in [0.1, 0.15) is 4.47 Å². The summed E-state index contributed by atoms with van der Waals surface area (Å²) < 4.78 is 0.246. The number of benzene rings is 1. The Balaban J connectivity index is 2.33. The average Bonchev–Trinajstić information content (AvgIpc) is 2.38. The summed E-state index contributed by atoms with van der Waals surface area (Å²) in [4.78, 5) is 24.6. The van der Waals surface area contributed by atoms with Crippen molar-refractivity contribution in [1.82, 2.24) is 10.2 Å². The third-order valence-electron chi connectivity index (χ3n) is 3.17. The van der Waals surface area contributed by atoms with Crippen LogP contribution in [-0.2, 0) is 0 Å². The van der Waals surface area contributed by atoms with Gasteiger partial charge in [0.05, 0.1) is 10.5 Å². The number of hydrogen-bond acceptors (Lipinski definition) is 4. The standard InChI is InChI=1S/C12H14BrN3O3/c1-8-7-14-5-6-15(8)12(17)9-3-2-4-10(11(9)13)16(18)19/h2-4,8,14H,5-7H2,1H3. The Morgan fingerprint density at radius 3 is 2.95 bits per heavy atom. The van der Waals surface area contributed by atoms with E-state index in [1.165, 1.54) is 12.1 Å². The molecular formula is C12H14BrN3O3. The number of nitrogens with zero attached hydrogens (tertiary/aromatic N) is 2. The molecule has 1 N–H and O–H groups in total. The maximum atomic E-state index is 12.5. The Morgan fingerprint density at radius 2 is 2.32 bits per heavy atom. The maximum Gasteiger partial charge on any atom is 0.284 e. The minimum atomic E-state index is -0.498. The maximum absolute atomic E-state index is 12.5. The highest BCUT2D eigenvalue weighted by molar-refractivity contribution is 9.10. The molecule has 0 bridgehead atoms. The first kappa shape index (κ1) is 14.0. The highest BCUT2D eigenvalue weighted by Gasteiger charge is 2.27. The molecule has 19 heavy (non-hydrogen) atoms. The predicted octanol–water partition coefficient (Wildman–Crippen LogP) is 1.79. The topological polar surface area (TPSA) is 75.5 Å². The van der Waals surface area contributed by atoms with Crippen molar-refractivity contribution in [1.29, 1.82) is 0 Å². The van der Waals surface area contributed by atoms with Gasteiger partial charge >= 0.3 is 0 Å². The number of halogens is 1. The lowest BCUT2D eigenvalue weighted by Gasteiger charge is -2.34. The lowest BCUT2D eigenvalue weighted by atomic mass is 10.1. The first-order valence-corrected chi connectivity index (χ1v) is 6.76. The van der Waals surface area contributed by atoms with Gasteiger partial charge in [0.25, 0.3) is 11.6 Å². The van der Waals surface area contributed by atoms with E-state index >= 15 is 0 Å². The molecule has 1 amide bonds. The smallest absolute Gasteiger partial charge is 0.284 e. The second-order valence-corrected chi connectivity index (χ2v) is 5.24. The van der Waals surface area contributed by atoms with Crippen LogP contribution in [0.3, 0.4) is 0 Å². The lowest BCUT2D eigenvalue weighted by Crippen LogP contribution is -2.52. The molecule has 1 aromatic rings. The number of carbonyl (C=O) groups is 1. The first-order valence-electron chi connectivity index (χ1n) is 5.97. The fourth-order valence-electron chi connectivity index (χ4n) is 2.12. The van der Waals surface area contributed by atoms with E-state index in [9.17, 15) is 14.9 Å². The van der Waals surface area contributed by atoms with E-state index in [4.69, 9.17) is 0 Å². The van der Waals surface area contributed by atoms with Crippen LogP contribution < -0.4 is 5.32 Å². The van der Waals surface area contributed by atoms with Crippen LogP contribution in [0.4, 0.5) is 5.69 Å². The van der Waals surface area contributed by atoms with E-state index < -0.39 is 4.92 Å². The molecule has 102 valence electrons. The first-order chi connectivity index (χ1) is 9.02. The summed E-state index contributed by atoms with van der Waals surface area (Å²) in [6.45, 7) is 4.03. The highest BCUT2D eigenvalue weighted by atomic mass is 79.9. The van der Waals surface area contributed by atoms with Gasteiger partial charge in [0.15, 0.2) is 0 Å². The molecule has 1 heterocycles. The molecule has 1 aliphatic heterocycles. The van der Waals surface area contributed by atoms with Crippen LogP contribution in [-0.4, -0.2) is 41.4 Å². The van der Waals surface area contributed by atoms with Crippen molar-refractivity contribution in [2.45, 2.75) is 13.0 Å². The zero-order valence-electron chi connectivity index (χ0n) is 10.4. The molecule has 1 aliphatic rings. The molecule has 0 aliphatic carbocycles. The van der Waals surface area contributed by atoms with Crippen molar-refractivity contribution in [2.75, 3.05) is 19.6 Å². The van der Waals surface area contributed by atoms with Crippen molar-refractivity contribution in [3.63, 3.8) is 0 Å². The van der Waals surface area contributed by atoms with Gasteiger partial charge < -0.3 is 10.2 Å². The Kier molecular flexibility index (Phi) is 4.16. The fraction of sp³-hybridized carbons (Fsp3) is 0.417. The van der Waals surface area contributed by atoms with Crippen molar-refractivity contribution < 1.29 is 9.72 Å². The molecule has 0 saturated carbocycles. The molecule has 0 aromatic heterocycles. The normalized spacial score (nSPS) is 19.3. The zero-order valence-corrected chi connectivity index (χ0v) is 12.0. The molecule has 1 fully saturated rings. The van der Waals surface area contributed by atoms with Crippen LogP contribution in [0.2, 0.25) is 0 Å². The van der Waals surface area contributed by atoms with Gasteiger partial charge in [-0.2, -0.15) is 0 Å². The van der Waals surface area contributed by atoms with Crippen molar-refractivity contribution in [2.24, 2.45) is 0 Å². The number of amides is 1. The van der Waals surface area contributed by atoms with Gasteiger partial charge in [-0.3, -0.25) is 14.9 Å². The largest absolute Gasteiger partial charge is 0.333 e. The zero-order chi connectivity index (χ0) is 14.0. The van der Waals surface area contributed by atoms with Gasteiger partial charge in [0, 0.05) is 31.7 Å². The molecule has 2 rings (SSSR count). The summed E-state index contributed by atoms with van der Waals surface area (Å²) >= 11 is 3.16. The second kappa shape index (κ2) is 5.66. The molecule has 1 aromatic carbocycles. The number of hydrogen-bond donors (Lipinski definition) is 1. The monoisotopic (exact) mass is 327 g/mol. The van der Waals surface area contributed by atoms with E-state index in [1.54, 1.807) is 11.0 Å². The summed E-state index contributed by atoms with van der Waals surface area (Å²) in [6.07, 6.45) is 0. The molecule has 1 saturated heterocycles. The van der Waals surface area contributed by atoms with E-state index in [0.717, 1.165) is 13.1 Å². The number of piperazine rings is 1. The minimum absolute atomic E-state index is 0.0763. The van der Waals surface area contributed by atoms with Gasteiger partial charge in [-0.1, -0.05) is 6.07 Å². The van der Waals surface area contributed by atoms with Crippen LogP contribution in [0, 0.1) is 10.1 Å². The van der Waals surface area contributed by atoms with Crippen LogP contribution >= 0.6 is 15.9 Å². The number of carbonyl (C=O) groups excluding carboxylic acids is 1. The van der Waals surface area contributed by atoms with Crippen molar-refractivity contribution >= 4 is 27.5 Å². The van der Waals surface area contributed by atoms with Crippen molar-refractivity contribution in [3.05, 3.63) is 38.3 Å². The van der Waals surface area contributed by atoms with Gasteiger partial charge in [-0.15, -0.1) is 0 Å². The number of nitro benzene ring substituents is 1. The van der Waals surface area contributed by atoms with Gasteiger partial charge in [-0.05, 0) is 28.9 Å². The minimum Gasteiger partial charge on any atom is -0.333 e. The van der Waals surface area contributed by atoms with Crippen LogP contribution in [0.15, 0.2) is 22.7 Å². The predicted molar refractivity (Wildman–Crippen MR) is 74.2 cm³/mol. The summed E-state index contributed by atoms with van der Waals surface area (Å²) in [5, 5.41) is 14.1. The van der Waals surface area contributed by atoms with Crippen LogP contribution in [0.5, 0.6) is 0 Å². The molecule has 7 heteroatoms. The SMILES string of the molecule is CC1CNCCN1C(=O)c1cccc([N+](=O)[O-])c1Br. The average molecular weight is 328 g/mol. The van der Waals surface area contributed by atoms with Gasteiger partial charge in [-0.25, -0.2) is 0 Å². The number of nitrogens with one attached hydrogen (secondary N) is 1. The van der Waals surface area contributed by atoms with E-state index in [0.29, 0.717) is 12.1 Å². The molecule has 0 radical (unpaired) electrons. The Bertz CT molecular complexity index is 521. The van der Waals surface area contributed by atoms with E-state index in [2.05, 4.69) is 21.2 Å². The van der Waals surface area contributed by atoms with Gasteiger partial charge in [0.2, 0.25) is 0 Å². The highest BCUT2D eigenvalue weighted by Crippen LogP contribution is 2.29. The number of nitro groups is 1. The summed E-state index contributed by atoms with van der Waals surface area (Å²) in [7, 11) is 0. The molecule has 1 atom stereocenters. The lowest BCUT2D eigenvalue weighted by molar-refractivity contribution is -0.385. The molecule has 0 spiro atoms. The van der Waals surface area contributed by atoms with Crippen LogP contribution in [0.25, 0.3) is 0 Å².